The van der Waals surface area contributed by atoms with Crippen LogP contribution < -0.4 is 10.3 Å². The number of rotatable bonds is 4. The molecule has 0 atom stereocenters. The van der Waals surface area contributed by atoms with Gasteiger partial charge in [0.25, 0.3) is 15.2 Å². The fraction of sp³-hybridized carbons (Fsp3) is 0.111. The number of benzene rings is 1. The van der Waals surface area contributed by atoms with E-state index < -0.39 is 72.3 Å². The van der Waals surface area contributed by atoms with Crippen molar-refractivity contribution < 1.29 is 38.8 Å². The summed E-state index contributed by atoms with van der Waals surface area (Å²) >= 11 is 0. The van der Waals surface area contributed by atoms with Gasteiger partial charge in [0.1, 0.15) is 0 Å². The molecule has 0 bridgehead atoms. The van der Waals surface area contributed by atoms with E-state index in [0.29, 0.717) is 0 Å². The average Bonchev–Trinajstić information content (AvgIpc) is 2.92. The molecular weight excluding hydrogens is 401 g/mol. The smallest absolute Gasteiger partial charge is 0.222 e. The zero-order chi connectivity index (χ0) is 19.3. The Kier molecular flexibility index (Phi) is 4.58. The number of halogens is 5. The maximum absolute atomic E-state index is 13.7. The summed E-state index contributed by atoms with van der Waals surface area (Å²) in [6, 6.07) is 0. The van der Waals surface area contributed by atoms with Gasteiger partial charge in [0.15, 0.2) is 29.1 Å². The minimum atomic E-state index is -4.83. The zero-order valence-corrected chi connectivity index (χ0v) is 13.2. The maximum Gasteiger partial charge on any atom is 0.319 e. The highest BCUT2D eigenvalue weighted by Crippen LogP contribution is 2.25. The van der Waals surface area contributed by atoms with Crippen molar-refractivity contribution in [3.8, 4) is 0 Å². The summed E-state index contributed by atoms with van der Waals surface area (Å²) in [5, 5.41) is 11.1. The van der Waals surface area contributed by atoms with Gasteiger partial charge in [-0.1, -0.05) is 0 Å². The Bertz CT molecular complexity index is 1050. The molecule has 0 saturated heterocycles. The highest BCUT2D eigenvalue weighted by molar-refractivity contribution is 7.89. The number of hydrogen-bond donors (Lipinski definition) is 2. The Morgan fingerprint density at radius 2 is 1.28 bits per heavy atom. The molecule has 0 aliphatic heterocycles. The normalized spacial score (nSPS) is 12.6. The monoisotopic (exact) mass is 407 g/mol. The van der Waals surface area contributed by atoms with Crippen molar-refractivity contribution in [2.45, 2.75) is 11.6 Å². The molecule has 0 fully saturated rings. The van der Waals surface area contributed by atoms with E-state index in [0.717, 1.165) is 0 Å². The molecule has 1 aromatic carbocycles. The fourth-order valence-electron chi connectivity index (χ4n) is 1.71. The third kappa shape index (κ3) is 3.46. The molecule has 0 aliphatic rings. The largest absolute Gasteiger partial charge is 0.319 e. The van der Waals surface area contributed by atoms with E-state index in [1.807, 2.05) is 0 Å². The Morgan fingerprint density at radius 1 is 0.840 bits per heavy atom. The van der Waals surface area contributed by atoms with Crippen LogP contribution in [-0.2, 0) is 26.7 Å². The molecule has 16 heteroatoms. The van der Waals surface area contributed by atoms with Crippen molar-refractivity contribution in [1.29, 1.82) is 0 Å². The molecule has 25 heavy (non-hydrogen) atoms. The molecule has 0 unspecified atom stereocenters. The van der Waals surface area contributed by atoms with Gasteiger partial charge in [-0.05, 0) is 0 Å². The third-order valence-corrected chi connectivity index (χ3v) is 4.21. The predicted octanol–water partition coefficient (Wildman–Crippen LogP) is -0.737. The van der Waals surface area contributed by atoms with Crippen LogP contribution in [0.3, 0.4) is 0 Å². The fourth-order valence-corrected chi connectivity index (χ4v) is 2.78. The Morgan fingerprint density at radius 3 is 1.68 bits per heavy atom. The van der Waals surface area contributed by atoms with Crippen molar-refractivity contribution in [2.24, 2.45) is 10.3 Å². The van der Waals surface area contributed by atoms with Crippen molar-refractivity contribution in [3.05, 3.63) is 40.5 Å². The zero-order valence-electron chi connectivity index (χ0n) is 11.5. The van der Waals surface area contributed by atoms with E-state index in [4.69, 9.17) is 5.14 Å². The summed E-state index contributed by atoms with van der Waals surface area (Å²) in [6.07, 6.45) is -1.34. The SMILES string of the molecule is NS(=O)(=O)c1nc(Cc2c(F)c(F)c(F)c(F)c2F)n(S(N)(=O)=O)n1. The number of aromatic nitrogens is 3. The second-order valence-electron chi connectivity index (χ2n) is 4.47. The molecule has 2 aromatic rings. The van der Waals surface area contributed by atoms with Gasteiger partial charge in [-0.2, -0.15) is 13.4 Å². The summed E-state index contributed by atoms with van der Waals surface area (Å²) in [5.74, 6) is -12.6. The molecule has 0 saturated carbocycles. The summed E-state index contributed by atoms with van der Waals surface area (Å²) in [6.45, 7) is 0. The summed E-state index contributed by atoms with van der Waals surface area (Å²) in [5.41, 5.74) is -1.48. The van der Waals surface area contributed by atoms with E-state index in [1.165, 1.54) is 0 Å². The highest BCUT2D eigenvalue weighted by Gasteiger charge is 2.29. The van der Waals surface area contributed by atoms with Gasteiger partial charge >= 0.3 is 10.2 Å². The van der Waals surface area contributed by atoms with Gasteiger partial charge in [-0.3, -0.25) is 0 Å². The van der Waals surface area contributed by atoms with E-state index in [9.17, 15) is 38.8 Å². The van der Waals surface area contributed by atoms with E-state index in [-0.39, 0.29) is 4.09 Å². The van der Waals surface area contributed by atoms with Crippen LogP contribution in [0.5, 0.6) is 0 Å². The topological polar surface area (TPSA) is 151 Å². The first kappa shape index (κ1) is 19.2. The standard InChI is InChI=1S/C9H6F5N5O4S2/c10-4-2(5(11)7(13)8(14)6(4)12)1-3-17-9(24(15,20)21)18-19(3)25(16,22)23/h1H2,(H2,15,20,21)(H2,16,22,23). The average molecular weight is 407 g/mol. The van der Waals surface area contributed by atoms with Crippen molar-refractivity contribution >= 4 is 20.2 Å². The lowest BCUT2D eigenvalue weighted by atomic mass is 10.1. The van der Waals surface area contributed by atoms with E-state index in [1.54, 1.807) is 0 Å². The third-order valence-electron chi connectivity index (χ3n) is 2.75. The predicted molar refractivity (Wildman–Crippen MR) is 68.9 cm³/mol. The summed E-state index contributed by atoms with van der Waals surface area (Å²) in [7, 11) is -9.49. The Hall–Kier alpha value is -2.17. The van der Waals surface area contributed by atoms with Crippen molar-refractivity contribution in [3.63, 3.8) is 0 Å². The summed E-state index contributed by atoms with van der Waals surface area (Å²) < 4.78 is 111. The molecule has 0 amide bonds. The number of primary sulfonamides is 1. The van der Waals surface area contributed by atoms with Crippen LogP contribution in [0.25, 0.3) is 0 Å². The van der Waals surface area contributed by atoms with Gasteiger partial charge in [0.2, 0.25) is 5.82 Å². The van der Waals surface area contributed by atoms with Crippen LogP contribution in [0.1, 0.15) is 11.4 Å². The molecule has 9 nitrogen and oxygen atoms in total. The van der Waals surface area contributed by atoms with Gasteiger partial charge in [0.05, 0.1) is 0 Å². The lowest BCUT2D eigenvalue weighted by molar-refractivity contribution is 0.371. The molecule has 138 valence electrons. The van der Waals surface area contributed by atoms with Gasteiger partial charge in [-0.15, -0.1) is 9.19 Å². The van der Waals surface area contributed by atoms with E-state index in [2.05, 4.69) is 15.2 Å². The van der Waals surface area contributed by atoms with Crippen LogP contribution in [0.2, 0.25) is 0 Å². The second kappa shape index (κ2) is 5.97. The first-order chi connectivity index (χ1) is 11.2. The Labute approximate surface area is 136 Å². The minimum absolute atomic E-state index is 0.259. The lowest BCUT2D eigenvalue weighted by Gasteiger charge is -2.08. The number of nitrogens with two attached hydrogens (primary N) is 2. The molecule has 0 spiro atoms. The molecular formula is C9H6F5N5O4S2. The van der Waals surface area contributed by atoms with Gasteiger partial charge in [-0.25, -0.2) is 40.6 Å². The first-order valence-corrected chi connectivity index (χ1v) is 8.82. The number of nitrogens with zero attached hydrogens (tertiary/aromatic N) is 3. The lowest BCUT2D eigenvalue weighted by Crippen LogP contribution is -2.26. The van der Waals surface area contributed by atoms with Crippen LogP contribution in [-0.4, -0.2) is 31.0 Å². The van der Waals surface area contributed by atoms with Crippen molar-refractivity contribution in [2.75, 3.05) is 0 Å². The minimum Gasteiger partial charge on any atom is -0.222 e. The van der Waals surface area contributed by atoms with E-state index >= 15 is 0 Å². The highest BCUT2D eigenvalue weighted by atomic mass is 32.2. The van der Waals surface area contributed by atoms with Crippen LogP contribution in [0, 0.1) is 29.1 Å². The van der Waals surface area contributed by atoms with Crippen LogP contribution in [0.4, 0.5) is 22.0 Å². The Balaban J connectivity index is 2.73. The van der Waals surface area contributed by atoms with Crippen molar-refractivity contribution in [1.82, 2.24) is 14.2 Å². The van der Waals surface area contributed by atoms with Crippen LogP contribution >= 0.6 is 0 Å². The van der Waals surface area contributed by atoms with Gasteiger partial charge in [0, 0.05) is 12.0 Å². The second-order valence-corrected chi connectivity index (χ2v) is 7.30. The first-order valence-electron chi connectivity index (χ1n) is 5.77. The number of sulfonamides is 1. The van der Waals surface area contributed by atoms with Gasteiger partial charge < -0.3 is 0 Å². The summed E-state index contributed by atoms with van der Waals surface area (Å²) in [4.78, 5) is 3.11. The molecule has 0 radical (unpaired) electrons. The molecule has 1 aromatic heterocycles. The molecule has 1 heterocycles. The van der Waals surface area contributed by atoms with Crippen LogP contribution in [0.15, 0.2) is 5.16 Å². The quantitative estimate of drug-likeness (QED) is 0.387. The maximum atomic E-state index is 13.7. The molecule has 4 N–H and O–H groups in total. The molecule has 0 aliphatic carbocycles. The molecule has 2 rings (SSSR count). The number of hydrogen-bond acceptors (Lipinski definition) is 6.